The third-order valence-corrected chi connectivity index (χ3v) is 3.57. The van der Waals surface area contributed by atoms with Gasteiger partial charge < -0.3 is 10.6 Å². The van der Waals surface area contributed by atoms with Crippen molar-refractivity contribution in [2.24, 2.45) is 4.99 Å². The smallest absolute Gasteiger partial charge is 0.269 e. The quantitative estimate of drug-likeness (QED) is 0.262. The van der Waals surface area contributed by atoms with E-state index in [9.17, 15) is 10.1 Å². The molecule has 1 aromatic rings. The van der Waals surface area contributed by atoms with E-state index in [0.29, 0.717) is 6.54 Å². The lowest BCUT2D eigenvalue weighted by Gasteiger charge is -2.24. The summed E-state index contributed by atoms with van der Waals surface area (Å²) in [5.74, 6) is 1.87. The van der Waals surface area contributed by atoms with Crippen molar-refractivity contribution >= 4 is 23.4 Å². The minimum Gasteiger partial charge on any atom is -0.356 e. The third kappa shape index (κ3) is 8.44. The molecule has 0 radical (unpaired) electrons. The lowest BCUT2D eigenvalue weighted by atomic mass is 10.1. The maximum atomic E-state index is 10.7. The molecule has 0 bridgehead atoms. The van der Waals surface area contributed by atoms with Crippen LogP contribution in [0.15, 0.2) is 29.3 Å². The van der Waals surface area contributed by atoms with Crippen molar-refractivity contribution in [3.8, 4) is 0 Å². The fraction of sp³-hybridized carbons (Fsp3) is 0.562. The van der Waals surface area contributed by atoms with Gasteiger partial charge in [0.25, 0.3) is 5.69 Å². The number of non-ortho nitro benzene ring substituents is 1. The van der Waals surface area contributed by atoms with Crippen molar-refractivity contribution in [3.63, 3.8) is 0 Å². The molecule has 0 heterocycles. The van der Waals surface area contributed by atoms with Gasteiger partial charge >= 0.3 is 0 Å². The number of hydrogen-bond donors (Lipinski definition) is 2. The van der Waals surface area contributed by atoms with Crippen LogP contribution < -0.4 is 10.6 Å². The number of nitrogens with one attached hydrogen (secondary N) is 2. The first-order valence-electron chi connectivity index (χ1n) is 7.60. The number of benzene rings is 1. The van der Waals surface area contributed by atoms with Gasteiger partial charge in [0.2, 0.25) is 0 Å². The molecule has 0 fully saturated rings. The number of nitro groups is 1. The number of rotatable bonds is 7. The number of aliphatic imine (C=N–C) groups is 1. The highest BCUT2D eigenvalue weighted by Gasteiger charge is 2.12. The standard InChI is InChI=1S/C16H26N4O2S/c1-16(2,3)19-15(17-10-5-11-23-4)18-12-13-6-8-14(9-7-13)20(21)22/h6-9H,5,10-12H2,1-4H3,(H2,17,18,19). The summed E-state index contributed by atoms with van der Waals surface area (Å²) in [6, 6.07) is 6.50. The number of thioether (sulfide) groups is 1. The summed E-state index contributed by atoms with van der Waals surface area (Å²) < 4.78 is 0. The highest BCUT2D eigenvalue weighted by Crippen LogP contribution is 2.12. The molecule has 23 heavy (non-hydrogen) atoms. The van der Waals surface area contributed by atoms with Crippen molar-refractivity contribution in [1.29, 1.82) is 0 Å². The molecule has 1 rings (SSSR count). The summed E-state index contributed by atoms with van der Waals surface area (Å²) in [5, 5.41) is 17.3. The Morgan fingerprint density at radius 2 is 1.96 bits per heavy atom. The number of hydrogen-bond acceptors (Lipinski definition) is 4. The molecule has 0 saturated carbocycles. The normalized spacial score (nSPS) is 12.1. The Morgan fingerprint density at radius 3 is 2.48 bits per heavy atom. The summed E-state index contributed by atoms with van der Waals surface area (Å²) >= 11 is 1.82. The average Bonchev–Trinajstić information content (AvgIpc) is 2.48. The van der Waals surface area contributed by atoms with Gasteiger partial charge in [-0.3, -0.25) is 10.1 Å². The number of guanidine groups is 1. The lowest BCUT2D eigenvalue weighted by molar-refractivity contribution is -0.384. The zero-order chi connectivity index (χ0) is 17.3. The van der Waals surface area contributed by atoms with Crippen LogP contribution in [0.25, 0.3) is 0 Å². The van der Waals surface area contributed by atoms with Gasteiger partial charge in [-0.1, -0.05) is 12.1 Å². The molecule has 0 spiro atoms. The van der Waals surface area contributed by atoms with E-state index in [-0.39, 0.29) is 11.2 Å². The first kappa shape index (κ1) is 19.3. The van der Waals surface area contributed by atoms with Gasteiger partial charge in [-0.2, -0.15) is 11.8 Å². The molecule has 0 aliphatic heterocycles. The predicted molar refractivity (Wildman–Crippen MR) is 98.1 cm³/mol. The largest absolute Gasteiger partial charge is 0.356 e. The van der Waals surface area contributed by atoms with Crippen molar-refractivity contribution in [1.82, 2.24) is 10.6 Å². The molecule has 1 aromatic carbocycles. The molecule has 0 saturated heterocycles. The monoisotopic (exact) mass is 338 g/mol. The summed E-state index contributed by atoms with van der Waals surface area (Å²) in [7, 11) is 0. The molecule has 6 nitrogen and oxygen atoms in total. The molecule has 7 heteroatoms. The van der Waals surface area contributed by atoms with Crippen molar-refractivity contribution < 1.29 is 4.92 Å². The Kier molecular flexibility index (Phi) is 7.88. The predicted octanol–water partition coefficient (Wildman–Crippen LogP) is 3.18. The van der Waals surface area contributed by atoms with E-state index in [4.69, 9.17) is 0 Å². The number of nitro benzene ring substituents is 1. The lowest BCUT2D eigenvalue weighted by Crippen LogP contribution is -2.47. The van der Waals surface area contributed by atoms with Crippen LogP contribution in [-0.2, 0) is 6.54 Å². The van der Waals surface area contributed by atoms with Gasteiger partial charge in [-0.25, -0.2) is 4.99 Å². The molecule has 128 valence electrons. The Balaban J connectivity index is 2.68. The zero-order valence-corrected chi connectivity index (χ0v) is 15.1. The molecular weight excluding hydrogens is 312 g/mol. The maximum Gasteiger partial charge on any atom is 0.269 e. The van der Waals surface area contributed by atoms with Crippen molar-refractivity contribution in [2.75, 3.05) is 18.6 Å². The van der Waals surface area contributed by atoms with Crippen LogP contribution in [0, 0.1) is 10.1 Å². The highest BCUT2D eigenvalue weighted by molar-refractivity contribution is 7.98. The molecule has 0 amide bonds. The van der Waals surface area contributed by atoms with E-state index < -0.39 is 4.92 Å². The minimum absolute atomic E-state index is 0.0825. The Hall–Kier alpha value is -1.76. The van der Waals surface area contributed by atoms with E-state index >= 15 is 0 Å². The highest BCUT2D eigenvalue weighted by atomic mass is 32.2. The zero-order valence-electron chi connectivity index (χ0n) is 14.3. The van der Waals surface area contributed by atoms with Gasteiger partial charge in [-0.15, -0.1) is 0 Å². The summed E-state index contributed by atoms with van der Waals surface area (Å²) in [6.07, 6.45) is 3.17. The van der Waals surface area contributed by atoms with E-state index in [1.807, 2.05) is 11.8 Å². The second-order valence-corrected chi connectivity index (χ2v) is 7.22. The topological polar surface area (TPSA) is 79.6 Å². The van der Waals surface area contributed by atoms with Crippen molar-refractivity contribution in [2.45, 2.75) is 39.3 Å². The fourth-order valence-corrected chi connectivity index (χ4v) is 2.24. The third-order valence-electron chi connectivity index (χ3n) is 2.88. The van der Waals surface area contributed by atoms with E-state index in [2.05, 4.69) is 42.7 Å². The molecule has 2 N–H and O–H groups in total. The Labute approximate surface area is 142 Å². The molecule has 0 aromatic heterocycles. The summed E-state index contributed by atoms with van der Waals surface area (Å²) in [6.45, 7) is 7.59. The Morgan fingerprint density at radius 1 is 1.30 bits per heavy atom. The second-order valence-electron chi connectivity index (χ2n) is 6.24. The van der Waals surface area contributed by atoms with Crippen LogP contribution in [0.1, 0.15) is 32.8 Å². The van der Waals surface area contributed by atoms with Gasteiger partial charge in [0.15, 0.2) is 5.96 Å². The SMILES string of the molecule is CSCCCNC(=NCc1ccc([N+](=O)[O-])cc1)NC(C)(C)C. The van der Waals surface area contributed by atoms with Gasteiger partial charge in [0, 0.05) is 24.2 Å². The molecular formula is C16H26N4O2S. The van der Waals surface area contributed by atoms with E-state index in [1.54, 1.807) is 12.1 Å². The Bertz CT molecular complexity index is 524. The van der Waals surface area contributed by atoms with Crippen LogP contribution in [-0.4, -0.2) is 35.0 Å². The first-order chi connectivity index (χ1) is 10.8. The average molecular weight is 338 g/mol. The molecule has 0 atom stereocenters. The van der Waals surface area contributed by atoms with Gasteiger partial charge in [0.05, 0.1) is 11.5 Å². The minimum atomic E-state index is -0.396. The molecule has 0 aliphatic carbocycles. The van der Waals surface area contributed by atoms with Gasteiger partial charge in [-0.05, 0) is 44.8 Å². The molecule has 0 unspecified atom stereocenters. The summed E-state index contributed by atoms with van der Waals surface area (Å²) in [5.41, 5.74) is 0.955. The van der Waals surface area contributed by atoms with E-state index in [1.165, 1.54) is 12.1 Å². The van der Waals surface area contributed by atoms with E-state index in [0.717, 1.165) is 30.2 Å². The van der Waals surface area contributed by atoms with Crippen LogP contribution in [0.4, 0.5) is 5.69 Å². The second kappa shape index (κ2) is 9.39. The van der Waals surface area contributed by atoms with Crippen LogP contribution >= 0.6 is 11.8 Å². The number of nitrogens with zero attached hydrogens (tertiary/aromatic N) is 2. The van der Waals surface area contributed by atoms with Crippen LogP contribution in [0.2, 0.25) is 0 Å². The maximum absolute atomic E-state index is 10.7. The fourth-order valence-electron chi connectivity index (χ4n) is 1.81. The van der Waals surface area contributed by atoms with Gasteiger partial charge in [0.1, 0.15) is 0 Å². The van der Waals surface area contributed by atoms with Crippen LogP contribution in [0.5, 0.6) is 0 Å². The molecule has 0 aliphatic rings. The van der Waals surface area contributed by atoms with Crippen molar-refractivity contribution in [3.05, 3.63) is 39.9 Å². The first-order valence-corrected chi connectivity index (χ1v) is 9.00. The van der Waals surface area contributed by atoms with Crippen LogP contribution in [0.3, 0.4) is 0 Å². The summed E-state index contributed by atoms with van der Waals surface area (Å²) in [4.78, 5) is 14.8.